The highest BCUT2D eigenvalue weighted by Gasteiger charge is 2.13. The number of carbonyl (C=O) groups is 1. The Kier molecular flexibility index (Phi) is 5.30. The number of hydrogen-bond acceptors (Lipinski definition) is 8. The normalized spacial score (nSPS) is 10.9. The van der Waals surface area contributed by atoms with Crippen molar-refractivity contribution in [3.05, 3.63) is 76.0 Å². The van der Waals surface area contributed by atoms with Crippen LogP contribution in [0, 0.1) is 13.8 Å². The van der Waals surface area contributed by atoms with Gasteiger partial charge in [0.15, 0.2) is 13.2 Å². The van der Waals surface area contributed by atoms with Crippen LogP contribution in [0.4, 0.5) is 0 Å². The van der Waals surface area contributed by atoms with Gasteiger partial charge in [0.1, 0.15) is 11.3 Å². The van der Waals surface area contributed by atoms with Crippen molar-refractivity contribution in [2.24, 2.45) is 0 Å². The summed E-state index contributed by atoms with van der Waals surface area (Å²) in [6.45, 7) is 3.29. The Hall–Kier alpha value is -3.94. The second-order valence-electron chi connectivity index (χ2n) is 6.68. The van der Waals surface area contributed by atoms with Crippen molar-refractivity contribution in [3.63, 3.8) is 0 Å². The number of fused-ring (bicyclic) bond motifs is 1. The Morgan fingerprint density at radius 1 is 1.07 bits per heavy atom. The first kappa shape index (κ1) is 19.4. The average Bonchev–Trinajstić information content (AvgIpc) is 3.19. The van der Waals surface area contributed by atoms with Gasteiger partial charge in [0.25, 0.3) is 5.89 Å². The maximum atomic E-state index is 12.0. The molecule has 152 valence electrons. The molecule has 0 aliphatic heterocycles. The molecule has 0 atom stereocenters. The predicted octanol–water partition coefficient (Wildman–Crippen LogP) is 3.58. The molecule has 0 amide bonds. The molecule has 0 bridgehead atoms. The molecule has 0 unspecified atom stereocenters. The van der Waals surface area contributed by atoms with Gasteiger partial charge < -0.3 is 18.4 Å². The summed E-state index contributed by atoms with van der Waals surface area (Å²) in [6, 6.07) is 14.1. The number of nitrogens with zero attached hydrogens (tertiary/aromatic N) is 2. The molecular weight excluding hydrogens is 388 g/mol. The third-order valence-electron chi connectivity index (χ3n) is 4.49. The minimum Gasteiger partial charge on any atom is -0.482 e. The second-order valence-corrected chi connectivity index (χ2v) is 6.68. The lowest BCUT2D eigenvalue weighted by Crippen LogP contribution is -2.14. The van der Waals surface area contributed by atoms with Crippen molar-refractivity contribution in [1.82, 2.24) is 10.1 Å². The third-order valence-corrected chi connectivity index (χ3v) is 4.49. The summed E-state index contributed by atoms with van der Waals surface area (Å²) in [5.41, 5.74) is 2.61. The summed E-state index contributed by atoms with van der Waals surface area (Å²) in [6.07, 6.45) is 0. The average molecular weight is 406 g/mol. The third kappa shape index (κ3) is 4.22. The molecule has 0 fully saturated rings. The van der Waals surface area contributed by atoms with Gasteiger partial charge >= 0.3 is 11.6 Å². The fourth-order valence-corrected chi connectivity index (χ4v) is 2.97. The van der Waals surface area contributed by atoms with E-state index in [1.54, 1.807) is 18.2 Å². The van der Waals surface area contributed by atoms with Gasteiger partial charge in [-0.2, -0.15) is 4.98 Å². The van der Waals surface area contributed by atoms with Crippen molar-refractivity contribution < 1.29 is 23.2 Å². The molecule has 0 saturated heterocycles. The van der Waals surface area contributed by atoms with Crippen LogP contribution in [-0.4, -0.2) is 22.7 Å². The number of esters is 1. The van der Waals surface area contributed by atoms with Gasteiger partial charge in [-0.25, -0.2) is 9.59 Å². The first-order chi connectivity index (χ1) is 14.5. The molecule has 0 N–H and O–H groups in total. The van der Waals surface area contributed by atoms with Crippen molar-refractivity contribution in [2.45, 2.75) is 20.5 Å². The summed E-state index contributed by atoms with van der Waals surface area (Å²) in [4.78, 5) is 27.7. The number of aryl methyl sites for hydroxylation is 2. The van der Waals surface area contributed by atoms with Crippen LogP contribution in [0.25, 0.3) is 22.4 Å². The van der Waals surface area contributed by atoms with Crippen LogP contribution in [0.5, 0.6) is 5.75 Å². The Labute approximate surface area is 171 Å². The number of rotatable bonds is 6. The fraction of sp³-hybridized carbons (Fsp3) is 0.182. The van der Waals surface area contributed by atoms with Crippen LogP contribution in [0.15, 0.2) is 62.3 Å². The molecule has 2 aromatic heterocycles. The summed E-state index contributed by atoms with van der Waals surface area (Å²) in [5, 5.41) is 4.71. The van der Waals surface area contributed by atoms with Gasteiger partial charge in [0.05, 0.1) is 0 Å². The van der Waals surface area contributed by atoms with Gasteiger partial charge in [-0.15, -0.1) is 0 Å². The quantitative estimate of drug-likeness (QED) is 0.353. The number of benzene rings is 2. The molecule has 0 saturated carbocycles. The van der Waals surface area contributed by atoms with E-state index in [4.69, 9.17) is 18.4 Å². The molecule has 4 rings (SSSR count). The molecule has 0 aliphatic rings. The minimum absolute atomic E-state index is 0.160. The van der Waals surface area contributed by atoms with Crippen LogP contribution in [-0.2, 0) is 16.1 Å². The summed E-state index contributed by atoms with van der Waals surface area (Å²) < 4.78 is 20.9. The van der Waals surface area contributed by atoms with E-state index in [0.29, 0.717) is 17.2 Å². The monoisotopic (exact) mass is 406 g/mol. The van der Waals surface area contributed by atoms with Crippen LogP contribution in [0.3, 0.4) is 0 Å². The number of ether oxygens (including phenoxy) is 2. The van der Waals surface area contributed by atoms with Gasteiger partial charge in [0.2, 0.25) is 5.82 Å². The zero-order valence-corrected chi connectivity index (χ0v) is 16.4. The van der Waals surface area contributed by atoms with E-state index < -0.39 is 11.6 Å². The van der Waals surface area contributed by atoms with Gasteiger partial charge in [-0.1, -0.05) is 29.4 Å². The Morgan fingerprint density at radius 3 is 2.73 bits per heavy atom. The van der Waals surface area contributed by atoms with Gasteiger partial charge in [0, 0.05) is 23.1 Å². The second kappa shape index (κ2) is 8.20. The van der Waals surface area contributed by atoms with Crippen molar-refractivity contribution in [2.75, 3.05) is 6.61 Å². The minimum atomic E-state index is -0.601. The molecule has 4 aromatic rings. The first-order valence-electron chi connectivity index (χ1n) is 9.21. The SMILES string of the molecule is Cc1ccccc1-c1noc(COC(=O)COc2ccc3c(C)cc(=O)oc3c2)n1. The standard InChI is InChI=1S/C22H18N2O6/c1-13-5-3-4-6-17(13)22-23-19(30-24-22)11-28-21(26)12-27-15-7-8-16-14(2)9-20(25)29-18(16)10-15/h3-10H,11-12H2,1-2H3. The number of carbonyl (C=O) groups excluding carboxylic acids is 1. The highest BCUT2D eigenvalue weighted by atomic mass is 16.6. The van der Waals surface area contributed by atoms with E-state index in [9.17, 15) is 9.59 Å². The lowest BCUT2D eigenvalue weighted by atomic mass is 10.1. The van der Waals surface area contributed by atoms with Crippen molar-refractivity contribution in [3.8, 4) is 17.1 Å². The highest BCUT2D eigenvalue weighted by molar-refractivity contribution is 5.81. The highest BCUT2D eigenvalue weighted by Crippen LogP contribution is 2.22. The molecule has 8 heteroatoms. The predicted molar refractivity (Wildman–Crippen MR) is 107 cm³/mol. The maximum Gasteiger partial charge on any atom is 0.344 e. The molecule has 0 spiro atoms. The fourth-order valence-electron chi connectivity index (χ4n) is 2.97. The van der Waals surface area contributed by atoms with Crippen molar-refractivity contribution in [1.29, 1.82) is 0 Å². The number of hydrogen-bond donors (Lipinski definition) is 0. The van der Waals surface area contributed by atoms with Gasteiger partial charge in [-0.05, 0) is 37.1 Å². The molecule has 0 radical (unpaired) electrons. The summed E-state index contributed by atoms with van der Waals surface area (Å²) >= 11 is 0. The van der Waals surface area contributed by atoms with Gasteiger partial charge in [-0.3, -0.25) is 0 Å². The Morgan fingerprint density at radius 2 is 1.90 bits per heavy atom. The zero-order valence-electron chi connectivity index (χ0n) is 16.4. The van der Waals surface area contributed by atoms with E-state index >= 15 is 0 Å². The summed E-state index contributed by atoms with van der Waals surface area (Å²) in [7, 11) is 0. The molecule has 0 aliphatic carbocycles. The lowest BCUT2D eigenvalue weighted by Gasteiger charge is -2.07. The van der Waals surface area contributed by atoms with Crippen LogP contribution in [0.2, 0.25) is 0 Å². The van der Waals surface area contributed by atoms with E-state index in [2.05, 4.69) is 10.1 Å². The lowest BCUT2D eigenvalue weighted by molar-refractivity contribution is -0.148. The smallest absolute Gasteiger partial charge is 0.344 e. The number of aromatic nitrogens is 2. The molecule has 2 heterocycles. The van der Waals surface area contributed by atoms with Crippen molar-refractivity contribution >= 4 is 16.9 Å². The molecule has 8 nitrogen and oxygen atoms in total. The maximum absolute atomic E-state index is 12.0. The molecule has 2 aromatic carbocycles. The largest absolute Gasteiger partial charge is 0.482 e. The Bertz CT molecular complexity index is 1270. The first-order valence-corrected chi connectivity index (χ1v) is 9.21. The van der Waals surface area contributed by atoms with E-state index in [0.717, 1.165) is 22.1 Å². The zero-order chi connectivity index (χ0) is 21.1. The summed E-state index contributed by atoms with van der Waals surface area (Å²) in [5.74, 6) is 0.400. The van der Waals surface area contributed by atoms with E-state index in [1.807, 2.05) is 38.1 Å². The van der Waals surface area contributed by atoms with Crippen LogP contribution in [0.1, 0.15) is 17.0 Å². The molecule has 30 heavy (non-hydrogen) atoms. The Balaban J connectivity index is 1.34. The van der Waals surface area contributed by atoms with E-state index in [-0.39, 0.29) is 19.1 Å². The van der Waals surface area contributed by atoms with Crippen LogP contribution >= 0.6 is 0 Å². The molecular formula is C22H18N2O6. The van der Waals surface area contributed by atoms with Crippen LogP contribution < -0.4 is 10.4 Å². The van der Waals surface area contributed by atoms with E-state index in [1.165, 1.54) is 6.07 Å². The topological polar surface area (TPSA) is 105 Å².